The van der Waals surface area contributed by atoms with Crippen molar-refractivity contribution in [3.63, 3.8) is 0 Å². The Labute approximate surface area is 145 Å². The van der Waals surface area contributed by atoms with Crippen LogP contribution in [0.2, 0.25) is 0 Å². The molecule has 0 unspecified atom stereocenters. The third kappa shape index (κ3) is 5.45. The number of nitrogens with zero attached hydrogens (tertiary/aromatic N) is 1. The molecule has 1 fully saturated rings. The van der Waals surface area contributed by atoms with Crippen LogP contribution in [0.3, 0.4) is 0 Å². The van der Waals surface area contributed by atoms with E-state index < -0.39 is 26.7 Å². The van der Waals surface area contributed by atoms with E-state index in [1.807, 2.05) is 6.92 Å². The molecule has 0 aliphatic carbocycles. The molecule has 1 aromatic rings. The third-order valence-corrected chi connectivity index (χ3v) is 5.01. The number of halogens is 3. The number of nitrogens with one attached hydrogen (secondary N) is 1. The lowest BCUT2D eigenvalue weighted by Gasteiger charge is -2.33. The van der Waals surface area contributed by atoms with E-state index in [0.29, 0.717) is 0 Å². The van der Waals surface area contributed by atoms with Gasteiger partial charge in [-0.15, -0.1) is 0 Å². The minimum atomic E-state index is -4.80. The van der Waals surface area contributed by atoms with Crippen molar-refractivity contribution in [1.29, 1.82) is 0 Å². The van der Waals surface area contributed by atoms with Gasteiger partial charge in [0.2, 0.25) is 10.0 Å². The largest absolute Gasteiger partial charge is 0.417 e. The molecule has 5 nitrogen and oxygen atoms in total. The Morgan fingerprint density at radius 1 is 1.36 bits per heavy atom. The van der Waals surface area contributed by atoms with Crippen molar-refractivity contribution in [1.82, 2.24) is 4.90 Å². The maximum absolute atomic E-state index is 13.1. The highest BCUT2D eigenvalue weighted by Crippen LogP contribution is 2.35. The van der Waals surface area contributed by atoms with E-state index in [1.165, 1.54) is 6.07 Å². The first-order valence-electron chi connectivity index (χ1n) is 7.84. The SMILES string of the molecule is C=C(C)CN1CCC(Nc2ccc(S(N)(=O)=O)c(C(F)(F)F)c2)CC1. The molecule has 1 aliphatic rings. The molecule has 0 spiro atoms. The van der Waals surface area contributed by atoms with E-state index in [4.69, 9.17) is 5.14 Å². The first-order chi connectivity index (χ1) is 11.5. The summed E-state index contributed by atoms with van der Waals surface area (Å²) < 4.78 is 62.2. The van der Waals surface area contributed by atoms with Gasteiger partial charge in [-0.3, -0.25) is 4.90 Å². The molecule has 0 bridgehead atoms. The summed E-state index contributed by atoms with van der Waals surface area (Å²) >= 11 is 0. The highest BCUT2D eigenvalue weighted by atomic mass is 32.2. The summed E-state index contributed by atoms with van der Waals surface area (Å²) in [6.45, 7) is 8.29. The van der Waals surface area contributed by atoms with Crippen molar-refractivity contribution < 1.29 is 21.6 Å². The number of likely N-dealkylation sites (tertiary alicyclic amines) is 1. The molecule has 0 aromatic heterocycles. The van der Waals surface area contributed by atoms with Gasteiger partial charge in [0.1, 0.15) is 0 Å². The standard InChI is InChI=1S/C16H22F3N3O2S/c1-11(2)10-22-7-5-12(6-8-22)21-13-3-4-15(25(20,23)24)14(9-13)16(17,18)19/h3-4,9,12,21H,1,5-8,10H2,2H3,(H2,20,23,24). The van der Waals surface area contributed by atoms with Gasteiger partial charge in [-0.05, 0) is 38.0 Å². The van der Waals surface area contributed by atoms with Gasteiger partial charge in [-0.1, -0.05) is 12.2 Å². The number of piperidine rings is 1. The maximum atomic E-state index is 13.1. The highest BCUT2D eigenvalue weighted by Gasteiger charge is 2.36. The Bertz CT molecular complexity index is 739. The molecular formula is C16H22F3N3O2S. The fourth-order valence-corrected chi connectivity index (χ4v) is 3.68. The summed E-state index contributed by atoms with van der Waals surface area (Å²) in [5.74, 6) is 0. The van der Waals surface area contributed by atoms with Gasteiger partial charge < -0.3 is 5.32 Å². The minimum Gasteiger partial charge on any atom is -0.382 e. The van der Waals surface area contributed by atoms with Gasteiger partial charge in [-0.2, -0.15) is 13.2 Å². The number of hydrogen-bond donors (Lipinski definition) is 2. The average molecular weight is 377 g/mol. The zero-order valence-electron chi connectivity index (χ0n) is 13.9. The zero-order valence-corrected chi connectivity index (χ0v) is 14.8. The topological polar surface area (TPSA) is 75.4 Å². The number of nitrogens with two attached hydrogens (primary N) is 1. The van der Waals surface area contributed by atoms with Crippen LogP contribution in [0.5, 0.6) is 0 Å². The van der Waals surface area contributed by atoms with Gasteiger partial charge in [0.05, 0.1) is 10.5 Å². The number of rotatable bonds is 5. The molecule has 1 saturated heterocycles. The molecule has 2 rings (SSSR count). The lowest BCUT2D eigenvalue weighted by Crippen LogP contribution is -2.39. The second kappa shape index (κ2) is 7.35. The van der Waals surface area contributed by atoms with Crippen LogP contribution in [0.4, 0.5) is 18.9 Å². The number of benzene rings is 1. The molecule has 140 valence electrons. The predicted molar refractivity (Wildman–Crippen MR) is 90.7 cm³/mol. The van der Waals surface area contributed by atoms with Gasteiger partial charge >= 0.3 is 6.18 Å². The van der Waals surface area contributed by atoms with E-state index in [9.17, 15) is 21.6 Å². The fraction of sp³-hybridized carbons (Fsp3) is 0.500. The van der Waals surface area contributed by atoms with Gasteiger partial charge in [-0.25, -0.2) is 13.6 Å². The molecule has 0 radical (unpaired) electrons. The van der Waals surface area contributed by atoms with E-state index in [1.54, 1.807) is 0 Å². The Morgan fingerprint density at radius 2 is 1.96 bits per heavy atom. The number of anilines is 1. The molecular weight excluding hydrogens is 355 g/mol. The Kier molecular flexibility index (Phi) is 5.80. The smallest absolute Gasteiger partial charge is 0.382 e. The average Bonchev–Trinajstić information content (AvgIpc) is 2.47. The van der Waals surface area contributed by atoms with Crippen molar-refractivity contribution in [2.24, 2.45) is 5.14 Å². The monoisotopic (exact) mass is 377 g/mol. The number of sulfonamides is 1. The van der Waals surface area contributed by atoms with E-state index in [2.05, 4.69) is 16.8 Å². The van der Waals surface area contributed by atoms with Crippen molar-refractivity contribution in [3.8, 4) is 0 Å². The van der Waals surface area contributed by atoms with Crippen LogP contribution in [0.1, 0.15) is 25.3 Å². The summed E-state index contributed by atoms with van der Waals surface area (Å²) in [6, 6.07) is 3.05. The molecule has 0 amide bonds. The lowest BCUT2D eigenvalue weighted by molar-refractivity contribution is -0.139. The molecule has 1 aliphatic heterocycles. The number of alkyl halides is 3. The van der Waals surface area contributed by atoms with E-state index in [0.717, 1.165) is 50.2 Å². The second-order valence-corrected chi connectivity index (χ2v) is 7.94. The molecule has 1 aromatic carbocycles. The van der Waals surface area contributed by atoms with Gasteiger partial charge in [0.15, 0.2) is 0 Å². The van der Waals surface area contributed by atoms with E-state index >= 15 is 0 Å². The first-order valence-corrected chi connectivity index (χ1v) is 9.39. The third-order valence-electron chi connectivity index (χ3n) is 4.04. The Hall–Kier alpha value is -1.58. The minimum absolute atomic E-state index is 0.0304. The molecule has 0 saturated carbocycles. The molecule has 3 N–H and O–H groups in total. The van der Waals surface area contributed by atoms with Crippen LogP contribution in [-0.4, -0.2) is 39.0 Å². The summed E-state index contributed by atoms with van der Waals surface area (Å²) in [6.07, 6.45) is -3.23. The van der Waals surface area contributed by atoms with Gasteiger partial charge in [0, 0.05) is 31.4 Å². The van der Waals surface area contributed by atoms with Crippen LogP contribution in [0, 0.1) is 0 Å². The molecule has 0 atom stereocenters. The second-order valence-electron chi connectivity index (χ2n) is 6.41. The van der Waals surface area contributed by atoms with Crippen molar-refractivity contribution >= 4 is 15.7 Å². The maximum Gasteiger partial charge on any atom is 0.417 e. The Balaban J connectivity index is 2.13. The molecule has 9 heteroatoms. The van der Waals surface area contributed by atoms with Crippen LogP contribution in [-0.2, 0) is 16.2 Å². The van der Waals surface area contributed by atoms with Crippen LogP contribution in [0.25, 0.3) is 0 Å². The summed E-state index contributed by atoms with van der Waals surface area (Å²) in [5.41, 5.74) is 0.0533. The van der Waals surface area contributed by atoms with Crippen LogP contribution < -0.4 is 10.5 Å². The van der Waals surface area contributed by atoms with Crippen LogP contribution in [0.15, 0.2) is 35.2 Å². The number of primary sulfonamides is 1. The van der Waals surface area contributed by atoms with Crippen molar-refractivity contribution in [2.75, 3.05) is 25.0 Å². The summed E-state index contributed by atoms with van der Waals surface area (Å²) in [4.78, 5) is 1.33. The van der Waals surface area contributed by atoms with Crippen LogP contribution >= 0.6 is 0 Å². The van der Waals surface area contributed by atoms with Crippen molar-refractivity contribution in [2.45, 2.75) is 36.9 Å². The molecule has 1 heterocycles. The quantitative estimate of drug-likeness (QED) is 0.774. The van der Waals surface area contributed by atoms with E-state index in [-0.39, 0.29) is 11.7 Å². The highest BCUT2D eigenvalue weighted by molar-refractivity contribution is 7.89. The number of hydrogen-bond acceptors (Lipinski definition) is 4. The predicted octanol–water partition coefficient (Wildman–Crippen LogP) is 2.81. The van der Waals surface area contributed by atoms with Gasteiger partial charge in [0.25, 0.3) is 0 Å². The summed E-state index contributed by atoms with van der Waals surface area (Å²) in [7, 11) is -4.45. The lowest BCUT2D eigenvalue weighted by atomic mass is 10.0. The van der Waals surface area contributed by atoms with Crippen molar-refractivity contribution in [3.05, 3.63) is 35.9 Å². The summed E-state index contributed by atoms with van der Waals surface area (Å²) in [5, 5.41) is 7.94. The first kappa shape index (κ1) is 19.7. The molecule has 25 heavy (non-hydrogen) atoms. The Morgan fingerprint density at radius 3 is 2.44 bits per heavy atom. The normalized spacial score (nSPS) is 17.5. The zero-order chi connectivity index (χ0) is 18.8. The fourth-order valence-electron chi connectivity index (χ4n) is 2.94.